The molecule has 0 amide bonds. The first kappa shape index (κ1) is 11.2. The number of allylic oxidation sites excluding steroid dienone is 1. The van der Waals surface area contributed by atoms with Crippen molar-refractivity contribution in [3.63, 3.8) is 0 Å². The highest BCUT2D eigenvalue weighted by atomic mass is 15.2. The molecule has 0 aliphatic rings. The Morgan fingerprint density at radius 2 is 1.93 bits per heavy atom. The summed E-state index contributed by atoms with van der Waals surface area (Å²) < 4.78 is 0. The van der Waals surface area contributed by atoms with Crippen LogP contribution in [0.5, 0.6) is 0 Å². The van der Waals surface area contributed by atoms with Gasteiger partial charge in [0, 0.05) is 12.7 Å². The fraction of sp³-hybridized carbons (Fsp3) is 0.167. The predicted molar refractivity (Wildman–Crippen MR) is 65.2 cm³/mol. The van der Waals surface area contributed by atoms with Crippen LogP contribution in [-0.4, -0.2) is 7.05 Å². The highest BCUT2D eigenvalue weighted by molar-refractivity contribution is 5.57. The molecule has 0 unspecified atom stereocenters. The summed E-state index contributed by atoms with van der Waals surface area (Å²) in [5, 5.41) is 0. The Kier molecular flexibility index (Phi) is 3.39. The van der Waals surface area contributed by atoms with Crippen molar-refractivity contribution in [1.82, 2.24) is 0 Å². The van der Waals surface area contributed by atoms with Crippen molar-refractivity contribution in [2.75, 3.05) is 11.9 Å². The van der Waals surface area contributed by atoms with Gasteiger partial charge in [-0.2, -0.15) is 0 Å². The summed E-state index contributed by atoms with van der Waals surface area (Å²) in [5.74, 6) is 0.513. The molecule has 0 radical (unpaired) electrons. The molecule has 80 valence electrons. The number of nitrogens with zero attached hydrogens (tertiary/aromatic N) is 1. The van der Waals surface area contributed by atoms with Crippen LogP contribution in [0.4, 0.5) is 5.69 Å². The van der Waals surface area contributed by atoms with E-state index in [0.29, 0.717) is 11.5 Å². The van der Waals surface area contributed by atoms with Gasteiger partial charge in [-0.1, -0.05) is 24.8 Å². The molecule has 0 atom stereocenters. The van der Waals surface area contributed by atoms with Crippen molar-refractivity contribution in [3.05, 3.63) is 54.0 Å². The van der Waals surface area contributed by atoms with Gasteiger partial charge in [0.15, 0.2) is 0 Å². The Morgan fingerprint density at radius 3 is 2.47 bits per heavy atom. The first-order valence-electron chi connectivity index (χ1n) is 4.75. The van der Waals surface area contributed by atoms with E-state index in [1.165, 1.54) is 0 Å². The second-order valence-corrected chi connectivity index (χ2v) is 3.39. The van der Waals surface area contributed by atoms with Crippen molar-refractivity contribution in [2.45, 2.75) is 6.92 Å². The van der Waals surface area contributed by atoms with E-state index in [-0.39, 0.29) is 0 Å². The molecular formula is C12H17N3. The standard InChI is InChI=1S/C12H17N3/c1-4-10(13)12(14)15(3)11-8-6-5-7-9(11)2/h4-8H,1,13-14H2,2-3H3/b12-10+. The molecule has 0 aliphatic heterocycles. The first-order chi connectivity index (χ1) is 7.07. The van der Waals surface area contributed by atoms with Crippen LogP contribution in [0.25, 0.3) is 0 Å². The molecule has 0 saturated heterocycles. The monoisotopic (exact) mass is 203 g/mol. The lowest BCUT2D eigenvalue weighted by atomic mass is 10.2. The number of nitrogens with two attached hydrogens (primary N) is 2. The molecule has 15 heavy (non-hydrogen) atoms. The van der Waals surface area contributed by atoms with Crippen LogP contribution >= 0.6 is 0 Å². The van der Waals surface area contributed by atoms with Gasteiger partial charge in [-0.3, -0.25) is 0 Å². The van der Waals surface area contributed by atoms with E-state index in [2.05, 4.69) is 6.58 Å². The Labute approximate surface area is 90.7 Å². The third-order valence-corrected chi connectivity index (χ3v) is 2.35. The number of anilines is 1. The van der Waals surface area contributed by atoms with Gasteiger partial charge in [-0.15, -0.1) is 0 Å². The summed E-state index contributed by atoms with van der Waals surface area (Å²) in [6.45, 7) is 5.62. The summed E-state index contributed by atoms with van der Waals surface area (Å²) >= 11 is 0. The number of hydrogen-bond acceptors (Lipinski definition) is 3. The molecule has 0 spiro atoms. The van der Waals surface area contributed by atoms with E-state index < -0.39 is 0 Å². The molecular weight excluding hydrogens is 186 g/mol. The van der Waals surface area contributed by atoms with Crippen molar-refractivity contribution in [1.29, 1.82) is 0 Å². The van der Waals surface area contributed by atoms with Crippen LogP contribution in [0.2, 0.25) is 0 Å². The molecule has 0 aliphatic carbocycles. The Hall–Kier alpha value is -1.90. The van der Waals surface area contributed by atoms with Crippen LogP contribution < -0.4 is 16.4 Å². The molecule has 4 N–H and O–H groups in total. The average molecular weight is 203 g/mol. The minimum Gasteiger partial charge on any atom is -0.396 e. The lowest BCUT2D eigenvalue weighted by Crippen LogP contribution is -2.27. The molecule has 3 nitrogen and oxygen atoms in total. The highest BCUT2D eigenvalue weighted by Gasteiger charge is 2.07. The van der Waals surface area contributed by atoms with E-state index in [9.17, 15) is 0 Å². The largest absolute Gasteiger partial charge is 0.396 e. The summed E-state index contributed by atoms with van der Waals surface area (Å²) in [6, 6.07) is 7.99. The van der Waals surface area contributed by atoms with Crippen LogP contribution in [0.3, 0.4) is 0 Å². The maximum absolute atomic E-state index is 5.88. The summed E-state index contributed by atoms with van der Waals surface area (Å²) in [5.41, 5.74) is 14.3. The molecule has 1 aromatic rings. The van der Waals surface area contributed by atoms with Crippen LogP contribution in [0, 0.1) is 6.92 Å². The van der Waals surface area contributed by atoms with Crippen LogP contribution in [0.1, 0.15) is 5.56 Å². The molecule has 0 fully saturated rings. The first-order valence-corrected chi connectivity index (χ1v) is 4.75. The molecule has 0 saturated carbocycles. The highest BCUT2D eigenvalue weighted by Crippen LogP contribution is 2.20. The van der Waals surface area contributed by atoms with Crippen LogP contribution in [0.15, 0.2) is 48.4 Å². The van der Waals surface area contributed by atoms with Crippen LogP contribution in [-0.2, 0) is 0 Å². The maximum Gasteiger partial charge on any atom is 0.127 e. The van der Waals surface area contributed by atoms with Gasteiger partial charge < -0.3 is 16.4 Å². The SMILES string of the molecule is C=C/C(N)=C(/N)N(C)c1ccccc1C. The Morgan fingerprint density at radius 1 is 1.33 bits per heavy atom. The van der Waals surface area contributed by atoms with Gasteiger partial charge in [0.2, 0.25) is 0 Å². The van der Waals surface area contributed by atoms with E-state index >= 15 is 0 Å². The summed E-state index contributed by atoms with van der Waals surface area (Å²) in [7, 11) is 1.88. The zero-order valence-electron chi connectivity index (χ0n) is 9.20. The van der Waals surface area contributed by atoms with E-state index in [0.717, 1.165) is 11.3 Å². The predicted octanol–water partition coefficient (Wildman–Crippen LogP) is 1.70. The lowest BCUT2D eigenvalue weighted by Gasteiger charge is -2.22. The average Bonchev–Trinajstić information content (AvgIpc) is 2.26. The van der Waals surface area contributed by atoms with Crippen molar-refractivity contribution < 1.29 is 0 Å². The van der Waals surface area contributed by atoms with E-state index in [1.807, 2.05) is 43.1 Å². The van der Waals surface area contributed by atoms with Gasteiger partial charge >= 0.3 is 0 Å². The van der Waals surface area contributed by atoms with Crippen molar-refractivity contribution in [2.24, 2.45) is 11.5 Å². The van der Waals surface area contributed by atoms with Gasteiger partial charge in [0.25, 0.3) is 0 Å². The fourth-order valence-electron chi connectivity index (χ4n) is 1.37. The minimum atomic E-state index is 0.487. The van der Waals surface area contributed by atoms with Gasteiger partial charge in [0.05, 0.1) is 5.70 Å². The topological polar surface area (TPSA) is 55.3 Å². The number of rotatable bonds is 3. The molecule has 0 heterocycles. The zero-order chi connectivity index (χ0) is 11.4. The van der Waals surface area contributed by atoms with Gasteiger partial charge in [0.1, 0.15) is 5.82 Å². The summed E-state index contributed by atoms with van der Waals surface area (Å²) in [4.78, 5) is 1.85. The zero-order valence-corrected chi connectivity index (χ0v) is 9.20. The van der Waals surface area contributed by atoms with E-state index in [4.69, 9.17) is 11.5 Å². The maximum atomic E-state index is 5.88. The molecule has 3 heteroatoms. The Balaban J connectivity index is 3.10. The fourth-order valence-corrected chi connectivity index (χ4v) is 1.37. The quantitative estimate of drug-likeness (QED) is 0.735. The van der Waals surface area contributed by atoms with Crippen molar-refractivity contribution >= 4 is 5.69 Å². The Bertz CT molecular complexity index is 394. The molecule has 0 bridgehead atoms. The minimum absolute atomic E-state index is 0.487. The summed E-state index contributed by atoms with van der Waals surface area (Å²) in [6.07, 6.45) is 1.55. The van der Waals surface area contributed by atoms with Gasteiger partial charge in [-0.25, -0.2) is 0 Å². The number of para-hydroxylation sites is 1. The second kappa shape index (κ2) is 4.55. The smallest absolute Gasteiger partial charge is 0.127 e. The van der Waals surface area contributed by atoms with Gasteiger partial charge in [-0.05, 0) is 24.6 Å². The van der Waals surface area contributed by atoms with Crippen molar-refractivity contribution in [3.8, 4) is 0 Å². The molecule has 1 aromatic carbocycles. The third-order valence-electron chi connectivity index (χ3n) is 2.35. The third kappa shape index (κ3) is 2.31. The van der Waals surface area contributed by atoms with E-state index in [1.54, 1.807) is 6.08 Å². The number of benzene rings is 1. The molecule has 0 aromatic heterocycles. The second-order valence-electron chi connectivity index (χ2n) is 3.39. The molecule has 1 rings (SSSR count). The number of aryl methyl sites for hydroxylation is 1. The lowest BCUT2D eigenvalue weighted by molar-refractivity contribution is 1.02. The number of hydrogen-bond donors (Lipinski definition) is 2. The normalized spacial score (nSPS) is 11.9.